The van der Waals surface area contributed by atoms with Gasteiger partial charge in [0.15, 0.2) is 0 Å². The summed E-state index contributed by atoms with van der Waals surface area (Å²) in [6, 6.07) is 2.04. The predicted molar refractivity (Wildman–Crippen MR) is 74.5 cm³/mol. The summed E-state index contributed by atoms with van der Waals surface area (Å²) in [6.07, 6.45) is 1.79. The third-order valence-electron chi connectivity index (χ3n) is 2.27. The lowest BCUT2D eigenvalue weighted by molar-refractivity contribution is 0.126. The number of pyridine rings is 1. The molecule has 1 aromatic heterocycles. The van der Waals surface area contributed by atoms with Gasteiger partial charge in [-0.15, -0.1) is 0 Å². The first kappa shape index (κ1) is 14.4. The molecule has 0 aliphatic carbocycles. The van der Waals surface area contributed by atoms with E-state index in [4.69, 9.17) is 4.74 Å². The lowest BCUT2D eigenvalue weighted by atomic mass is 10.3. The molecule has 5 heteroatoms. The zero-order chi connectivity index (χ0) is 12.7. The van der Waals surface area contributed by atoms with Gasteiger partial charge in [-0.1, -0.05) is 0 Å². The van der Waals surface area contributed by atoms with E-state index in [1.807, 2.05) is 27.1 Å². The number of hydrogen-bond acceptors (Lipinski definition) is 4. The van der Waals surface area contributed by atoms with Gasteiger partial charge in [0.2, 0.25) is 0 Å². The highest BCUT2D eigenvalue weighted by atomic mass is 79.9. The second kappa shape index (κ2) is 7.63. The molecule has 0 unspecified atom stereocenters. The number of anilines is 1. The number of aryl methyl sites for hydroxylation is 1. The fourth-order valence-electron chi connectivity index (χ4n) is 1.32. The number of halogens is 1. The van der Waals surface area contributed by atoms with Gasteiger partial charge >= 0.3 is 0 Å². The Morgan fingerprint density at radius 2 is 2.18 bits per heavy atom. The molecule has 1 aromatic rings. The van der Waals surface area contributed by atoms with Crippen molar-refractivity contribution < 1.29 is 4.74 Å². The number of hydrogen-bond donors (Lipinski definition) is 1. The highest BCUT2D eigenvalue weighted by Crippen LogP contribution is 2.16. The third-order valence-corrected chi connectivity index (χ3v) is 2.70. The van der Waals surface area contributed by atoms with Crippen LogP contribution >= 0.6 is 15.9 Å². The van der Waals surface area contributed by atoms with Gasteiger partial charge in [-0.25, -0.2) is 4.98 Å². The van der Waals surface area contributed by atoms with Gasteiger partial charge in [0.25, 0.3) is 0 Å². The minimum Gasteiger partial charge on any atom is -0.378 e. The second-order valence-corrected chi connectivity index (χ2v) is 5.08. The number of ether oxygens (including phenoxy) is 1. The smallest absolute Gasteiger partial charge is 0.128 e. The zero-order valence-corrected chi connectivity index (χ0v) is 12.2. The quantitative estimate of drug-likeness (QED) is 0.783. The second-order valence-electron chi connectivity index (χ2n) is 4.16. The summed E-state index contributed by atoms with van der Waals surface area (Å²) < 4.78 is 6.49. The number of nitrogens with one attached hydrogen (secondary N) is 1. The van der Waals surface area contributed by atoms with Crippen LogP contribution in [0.5, 0.6) is 0 Å². The highest BCUT2D eigenvalue weighted by Gasteiger charge is 1.99. The van der Waals surface area contributed by atoms with E-state index in [9.17, 15) is 0 Å². The van der Waals surface area contributed by atoms with Crippen LogP contribution in [-0.4, -0.2) is 50.3 Å². The first-order valence-corrected chi connectivity index (χ1v) is 6.47. The first-order valence-electron chi connectivity index (χ1n) is 5.68. The molecule has 0 aromatic carbocycles. The zero-order valence-electron chi connectivity index (χ0n) is 10.7. The first-order chi connectivity index (χ1) is 8.09. The maximum Gasteiger partial charge on any atom is 0.128 e. The molecule has 0 saturated heterocycles. The molecule has 0 radical (unpaired) electrons. The monoisotopic (exact) mass is 301 g/mol. The maximum atomic E-state index is 5.49. The van der Waals surface area contributed by atoms with E-state index in [-0.39, 0.29) is 0 Å². The Kier molecular flexibility index (Phi) is 6.47. The minimum absolute atomic E-state index is 0.699. The van der Waals surface area contributed by atoms with Crippen LogP contribution in [0.1, 0.15) is 5.56 Å². The number of nitrogens with zero attached hydrogens (tertiary/aromatic N) is 2. The van der Waals surface area contributed by atoms with E-state index in [0.29, 0.717) is 6.61 Å². The molecule has 96 valence electrons. The SMILES string of the molecule is Cc1cc(Br)cnc1NCCOCCN(C)C. The van der Waals surface area contributed by atoms with Crippen molar-refractivity contribution in [3.05, 3.63) is 22.3 Å². The van der Waals surface area contributed by atoms with Crippen molar-refractivity contribution in [2.45, 2.75) is 6.92 Å². The summed E-state index contributed by atoms with van der Waals surface area (Å²) in [5.74, 6) is 0.921. The van der Waals surface area contributed by atoms with Crippen LogP contribution in [-0.2, 0) is 4.74 Å². The topological polar surface area (TPSA) is 37.4 Å². The van der Waals surface area contributed by atoms with Crippen molar-refractivity contribution in [2.24, 2.45) is 0 Å². The summed E-state index contributed by atoms with van der Waals surface area (Å²) in [6.45, 7) is 5.23. The van der Waals surface area contributed by atoms with Crippen LogP contribution in [0.25, 0.3) is 0 Å². The van der Waals surface area contributed by atoms with Crippen LogP contribution < -0.4 is 5.32 Å². The Balaban J connectivity index is 2.18. The predicted octanol–water partition coefficient (Wildman–Crippen LogP) is 2.14. The van der Waals surface area contributed by atoms with Gasteiger partial charge in [-0.05, 0) is 48.6 Å². The van der Waals surface area contributed by atoms with E-state index in [2.05, 4.69) is 31.1 Å². The standard InChI is InChI=1S/C12H20BrN3O/c1-10-8-11(13)9-15-12(10)14-4-6-17-7-5-16(2)3/h8-9H,4-7H2,1-3H3,(H,14,15). The summed E-state index contributed by atoms with van der Waals surface area (Å²) >= 11 is 3.39. The van der Waals surface area contributed by atoms with Crippen molar-refractivity contribution >= 4 is 21.7 Å². The molecule has 4 nitrogen and oxygen atoms in total. The van der Waals surface area contributed by atoms with Gasteiger partial charge in [0.1, 0.15) is 5.82 Å². The Hall–Kier alpha value is -0.650. The summed E-state index contributed by atoms with van der Waals surface area (Å²) in [5.41, 5.74) is 1.13. The Bertz CT molecular complexity index is 345. The fraction of sp³-hybridized carbons (Fsp3) is 0.583. The van der Waals surface area contributed by atoms with Crippen molar-refractivity contribution in [1.29, 1.82) is 0 Å². The summed E-state index contributed by atoms with van der Waals surface area (Å²) in [7, 11) is 4.08. The van der Waals surface area contributed by atoms with Crippen molar-refractivity contribution in [3.8, 4) is 0 Å². The third kappa shape index (κ3) is 6.00. The molecule has 0 bridgehead atoms. The Morgan fingerprint density at radius 3 is 2.82 bits per heavy atom. The van der Waals surface area contributed by atoms with E-state index < -0.39 is 0 Å². The van der Waals surface area contributed by atoms with Gasteiger partial charge < -0.3 is 15.0 Å². The molecular weight excluding hydrogens is 282 g/mol. The average Bonchev–Trinajstić information content (AvgIpc) is 2.25. The van der Waals surface area contributed by atoms with Crippen LogP contribution in [0, 0.1) is 6.92 Å². The number of rotatable bonds is 7. The molecule has 17 heavy (non-hydrogen) atoms. The highest BCUT2D eigenvalue weighted by molar-refractivity contribution is 9.10. The van der Waals surface area contributed by atoms with Crippen LogP contribution in [0.4, 0.5) is 5.82 Å². The van der Waals surface area contributed by atoms with E-state index >= 15 is 0 Å². The number of likely N-dealkylation sites (N-methyl/N-ethyl adjacent to an activating group) is 1. The molecular formula is C12H20BrN3O. The maximum absolute atomic E-state index is 5.49. The molecule has 0 aliphatic heterocycles. The Labute approximate surface area is 111 Å². The van der Waals surface area contributed by atoms with Gasteiger partial charge in [-0.2, -0.15) is 0 Å². The van der Waals surface area contributed by atoms with Crippen LogP contribution in [0.2, 0.25) is 0 Å². The fourth-order valence-corrected chi connectivity index (χ4v) is 1.76. The molecule has 0 saturated carbocycles. The van der Waals surface area contributed by atoms with Gasteiger partial charge in [0, 0.05) is 23.8 Å². The van der Waals surface area contributed by atoms with Crippen molar-refractivity contribution in [3.63, 3.8) is 0 Å². The van der Waals surface area contributed by atoms with Gasteiger partial charge in [0.05, 0.1) is 13.2 Å². The van der Waals surface area contributed by atoms with Crippen molar-refractivity contribution in [1.82, 2.24) is 9.88 Å². The number of aromatic nitrogens is 1. The van der Waals surface area contributed by atoms with Crippen LogP contribution in [0.3, 0.4) is 0 Å². The van der Waals surface area contributed by atoms with E-state index in [1.54, 1.807) is 6.20 Å². The molecule has 0 fully saturated rings. The summed E-state index contributed by atoms with van der Waals surface area (Å²) in [4.78, 5) is 6.41. The average molecular weight is 302 g/mol. The summed E-state index contributed by atoms with van der Waals surface area (Å²) in [5, 5.41) is 3.26. The molecule has 1 N–H and O–H groups in total. The normalized spacial score (nSPS) is 10.9. The van der Waals surface area contributed by atoms with Crippen molar-refractivity contribution in [2.75, 3.05) is 45.7 Å². The molecule has 0 aliphatic rings. The molecule has 0 amide bonds. The lowest BCUT2D eigenvalue weighted by Gasteiger charge is -2.11. The lowest BCUT2D eigenvalue weighted by Crippen LogP contribution is -2.20. The van der Waals surface area contributed by atoms with E-state index in [1.165, 1.54) is 0 Å². The van der Waals surface area contributed by atoms with Gasteiger partial charge in [-0.3, -0.25) is 0 Å². The van der Waals surface area contributed by atoms with E-state index in [0.717, 1.165) is 35.6 Å². The molecule has 1 rings (SSSR count). The minimum atomic E-state index is 0.699. The van der Waals surface area contributed by atoms with Crippen LogP contribution in [0.15, 0.2) is 16.7 Å². The molecule has 0 spiro atoms. The molecule has 1 heterocycles. The molecule has 0 atom stereocenters. The Morgan fingerprint density at radius 1 is 1.41 bits per heavy atom. The largest absolute Gasteiger partial charge is 0.378 e.